The minimum atomic E-state index is -0.744. The maximum atomic E-state index is 13.7. The quantitative estimate of drug-likeness (QED) is 0.118. The van der Waals surface area contributed by atoms with Crippen LogP contribution in [0.1, 0.15) is 78.1 Å². The number of alkyl carbamates (subject to hydrolysis) is 2. The van der Waals surface area contributed by atoms with Crippen LogP contribution in [0.15, 0.2) is 48.5 Å². The van der Waals surface area contributed by atoms with Crippen molar-refractivity contribution >= 4 is 47.2 Å². The Morgan fingerprint density at radius 1 is 0.638 bits per heavy atom. The number of nitrogens with zero attached hydrogens (tertiary/aromatic N) is 4. The van der Waals surface area contributed by atoms with Gasteiger partial charge in [0.2, 0.25) is 11.8 Å². The predicted octanol–water partition coefficient (Wildman–Crippen LogP) is 8.02. The molecule has 2 aliphatic rings. The molecule has 0 unspecified atom stereocenters. The van der Waals surface area contributed by atoms with Crippen molar-refractivity contribution in [2.75, 3.05) is 27.3 Å². The topological polar surface area (TPSA) is 175 Å². The molecule has 310 valence electrons. The molecule has 16 heteroatoms. The van der Waals surface area contributed by atoms with E-state index in [-0.39, 0.29) is 47.6 Å². The summed E-state index contributed by atoms with van der Waals surface area (Å²) in [7, 11) is 2.55. The molecule has 4 amide bonds. The molecule has 2 aliphatic heterocycles. The minimum absolute atomic E-state index is 0.150. The van der Waals surface area contributed by atoms with Gasteiger partial charge in [-0.25, -0.2) is 19.6 Å². The fourth-order valence-electron chi connectivity index (χ4n) is 7.93. The lowest BCUT2D eigenvalue weighted by molar-refractivity contribution is -0.136. The van der Waals surface area contributed by atoms with Crippen LogP contribution in [0.3, 0.4) is 0 Å². The average Bonchev–Trinajstić information content (AvgIpc) is 3.99. The monoisotopic (exact) mass is 834 g/mol. The van der Waals surface area contributed by atoms with Crippen molar-refractivity contribution in [3.63, 3.8) is 0 Å². The van der Waals surface area contributed by atoms with E-state index in [9.17, 15) is 19.2 Å². The molecule has 6 atom stereocenters. The number of aromatic amines is 2. The summed E-state index contributed by atoms with van der Waals surface area (Å²) in [4.78, 5) is 71.3. The number of H-pyrrole nitrogens is 2. The Hall–Kier alpha value is -5.08. The van der Waals surface area contributed by atoms with Gasteiger partial charge in [0.05, 0.1) is 26.3 Å². The van der Waals surface area contributed by atoms with Gasteiger partial charge in [0.1, 0.15) is 45.4 Å². The molecule has 0 bridgehead atoms. The van der Waals surface area contributed by atoms with E-state index in [1.807, 2.05) is 76.2 Å². The zero-order chi connectivity index (χ0) is 42.0. The molecule has 4 aromatic rings. The maximum Gasteiger partial charge on any atom is 0.407 e. The smallest absolute Gasteiger partial charge is 0.407 e. The Kier molecular flexibility index (Phi) is 13.1. The highest BCUT2D eigenvalue weighted by Crippen LogP contribution is 2.40. The number of hydrogen-bond donors (Lipinski definition) is 4. The summed E-state index contributed by atoms with van der Waals surface area (Å²) in [6.45, 7) is 12.8. The lowest BCUT2D eigenvalue weighted by atomic mass is 10.0. The molecule has 2 aromatic carbocycles. The van der Waals surface area contributed by atoms with Crippen LogP contribution in [0.2, 0.25) is 10.3 Å². The van der Waals surface area contributed by atoms with E-state index in [1.54, 1.807) is 9.80 Å². The summed E-state index contributed by atoms with van der Waals surface area (Å²) in [5, 5.41) is 6.13. The fourth-order valence-corrected chi connectivity index (χ4v) is 8.43. The molecule has 14 nitrogen and oxygen atoms in total. The van der Waals surface area contributed by atoms with Crippen molar-refractivity contribution in [3.05, 3.63) is 70.5 Å². The van der Waals surface area contributed by atoms with Crippen LogP contribution in [0.25, 0.3) is 33.6 Å². The third-order valence-electron chi connectivity index (χ3n) is 11.0. The second kappa shape index (κ2) is 17.8. The molecule has 4 heterocycles. The number of benzene rings is 2. The Balaban J connectivity index is 1.17. The first kappa shape index (κ1) is 42.5. The minimum Gasteiger partial charge on any atom is -0.453 e. The van der Waals surface area contributed by atoms with Gasteiger partial charge in [-0.2, -0.15) is 0 Å². The van der Waals surface area contributed by atoms with Crippen molar-refractivity contribution in [2.45, 2.75) is 78.6 Å². The number of methoxy groups -OCH3 is 2. The average molecular weight is 836 g/mol. The fraction of sp³-hybridized carbons (Fsp3) is 0.476. The van der Waals surface area contributed by atoms with Gasteiger partial charge in [0, 0.05) is 24.2 Å². The normalized spacial score (nSPS) is 20.3. The van der Waals surface area contributed by atoms with Crippen LogP contribution in [0.4, 0.5) is 9.59 Å². The molecule has 2 saturated heterocycles. The van der Waals surface area contributed by atoms with Crippen molar-refractivity contribution < 1.29 is 28.7 Å². The van der Waals surface area contributed by atoms with Crippen LogP contribution >= 0.6 is 23.2 Å². The zero-order valence-electron chi connectivity index (χ0n) is 34.1. The molecule has 0 radical (unpaired) electrons. The van der Waals surface area contributed by atoms with E-state index in [0.29, 0.717) is 59.3 Å². The molecule has 0 aliphatic carbocycles. The lowest BCUT2D eigenvalue weighted by Crippen LogP contribution is -2.51. The number of halogens is 2. The molecule has 0 spiro atoms. The van der Waals surface area contributed by atoms with Crippen LogP contribution in [-0.2, 0) is 19.1 Å². The highest BCUT2D eigenvalue weighted by Gasteiger charge is 2.42. The number of nitrogens with one attached hydrogen (secondary N) is 4. The lowest BCUT2D eigenvalue weighted by Gasteiger charge is -2.30. The molecular weight excluding hydrogens is 783 g/mol. The molecular formula is C42H52Cl2N8O6. The highest BCUT2D eigenvalue weighted by atomic mass is 35.5. The van der Waals surface area contributed by atoms with Crippen LogP contribution in [-0.4, -0.2) is 93.1 Å². The van der Waals surface area contributed by atoms with Crippen molar-refractivity contribution in [2.24, 2.45) is 23.7 Å². The van der Waals surface area contributed by atoms with E-state index < -0.39 is 24.3 Å². The van der Waals surface area contributed by atoms with Gasteiger partial charge in [-0.3, -0.25) is 9.59 Å². The van der Waals surface area contributed by atoms with Gasteiger partial charge < -0.3 is 39.9 Å². The predicted molar refractivity (Wildman–Crippen MR) is 222 cm³/mol. The number of ether oxygens (including phenoxy) is 2. The van der Waals surface area contributed by atoms with E-state index in [2.05, 4.69) is 34.4 Å². The first-order chi connectivity index (χ1) is 27.6. The number of carbonyl (C=O) groups excluding carboxylic acids is 4. The van der Waals surface area contributed by atoms with E-state index in [0.717, 1.165) is 22.3 Å². The second-order valence-electron chi connectivity index (χ2n) is 16.1. The number of rotatable bonds is 11. The van der Waals surface area contributed by atoms with Gasteiger partial charge in [-0.05, 0) is 47.6 Å². The standard InChI is InChI=1S/C42H52Cl2N8O6/c1-21(2)31(47-41(55)57-7)39(53)51-19-23(5)17-29(51)37-45-33(35(43)49-37)27-13-9-25(10-14-27)26-11-15-28(16-12-26)34-36(44)50-38(46-34)30-18-24(6)20-52(30)40(54)32(22(3)4)48-42(56)58-8/h9-16,21-24,29-32H,17-20H2,1-8H3,(H,45,49)(H,46,50)(H,47,55)(H,48,56)/t23-,24-,29-,30-,31-,32-/m0/s1. The summed E-state index contributed by atoms with van der Waals surface area (Å²) in [6.07, 6.45) is 0.0925. The van der Waals surface area contributed by atoms with E-state index in [1.165, 1.54) is 14.2 Å². The summed E-state index contributed by atoms with van der Waals surface area (Å²) in [5.41, 5.74) is 4.75. The highest BCUT2D eigenvalue weighted by molar-refractivity contribution is 6.32. The van der Waals surface area contributed by atoms with Gasteiger partial charge in [-0.1, -0.05) is 113 Å². The molecule has 6 rings (SSSR count). The number of hydrogen-bond acceptors (Lipinski definition) is 8. The zero-order valence-corrected chi connectivity index (χ0v) is 35.6. The summed E-state index contributed by atoms with van der Waals surface area (Å²) in [6, 6.07) is 13.7. The van der Waals surface area contributed by atoms with Crippen molar-refractivity contribution in [1.29, 1.82) is 0 Å². The summed E-state index contributed by atoms with van der Waals surface area (Å²) >= 11 is 13.5. The Morgan fingerprint density at radius 2 is 0.966 bits per heavy atom. The van der Waals surface area contributed by atoms with Crippen molar-refractivity contribution in [3.8, 4) is 33.6 Å². The first-order valence-corrected chi connectivity index (χ1v) is 20.4. The number of likely N-dealkylation sites (tertiary alicyclic amines) is 2. The second-order valence-corrected chi connectivity index (χ2v) is 16.9. The van der Waals surface area contributed by atoms with Crippen LogP contribution in [0, 0.1) is 23.7 Å². The maximum absolute atomic E-state index is 13.7. The van der Waals surface area contributed by atoms with E-state index >= 15 is 0 Å². The first-order valence-electron chi connectivity index (χ1n) is 19.6. The number of carbonyl (C=O) groups is 4. The summed E-state index contributed by atoms with van der Waals surface area (Å²) < 4.78 is 9.54. The SMILES string of the molecule is COC(=O)N[C@H](C(=O)N1C[C@@H](C)C[C@H]1c1nc(-c2ccc(-c3ccc(-c4nc([C@@H]5C[C@H](C)CN5C(=O)[C@@H](NC(=O)OC)C(C)C)[nH]c4Cl)cc3)cc2)c(Cl)[nH]1)C(C)C. The third kappa shape index (κ3) is 8.97. The Morgan fingerprint density at radius 3 is 1.28 bits per heavy atom. The van der Waals surface area contributed by atoms with Crippen molar-refractivity contribution in [1.82, 2.24) is 40.4 Å². The molecule has 2 aromatic heterocycles. The van der Waals surface area contributed by atoms with Crippen LogP contribution < -0.4 is 10.6 Å². The molecule has 58 heavy (non-hydrogen) atoms. The number of aromatic nitrogens is 4. The largest absolute Gasteiger partial charge is 0.453 e. The Labute approximate surface area is 348 Å². The van der Waals surface area contributed by atoms with Gasteiger partial charge in [-0.15, -0.1) is 0 Å². The summed E-state index contributed by atoms with van der Waals surface area (Å²) in [5.74, 6) is 0.949. The van der Waals surface area contributed by atoms with Gasteiger partial charge in [0.15, 0.2) is 0 Å². The van der Waals surface area contributed by atoms with Crippen LogP contribution in [0.5, 0.6) is 0 Å². The molecule has 2 fully saturated rings. The molecule has 0 saturated carbocycles. The third-order valence-corrected chi connectivity index (χ3v) is 11.6. The van der Waals surface area contributed by atoms with Gasteiger partial charge in [0.25, 0.3) is 0 Å². The van der Waals surface area contributed by atoms with Gasteiger partial charge >= 0.3 is 12.2 Å². The number of imidazole rings is 2. The van der Waals surface area contributed by atoms with E-state index in [4.69, 9.17) is 42.6 Å². The number of amides is 4. The Bertz CT molecular complexity index is 1970. The molecule has 4 N–H and O–H groups in total.